The van der Waals surface area contributed by atoms with E-state index in [2.05, 4.69) is 9.97 Å². The van der Waals surface area contributed by atoms with Crippen molar-refractivity contribution >= 4 is 5.97 Å². The zero-order valence-corrected chi connectivity index (χ0v) is 11.6. The van der Waals surface area contributed by atoms with E-state index in [0.29, 0.717) is 0 Å². The quantitative estimate of drug-likeness (QED) is 0.942. The number of aryl methyl sites for hydroxylation is 1. The van der Waals surface area contributed by atoms with Gasteiger partial charge in [0.15, 0.2) is 5.69 Å². The van der Waals surface area contributed by atoms with Crippen LogP contribution in [0.1, 0.15) is 21.7 Å². The van der Waals surface area contributed by atoms with E-state index in [1.54, 1.807) is 0 Å². The number of alkyl halides is 3. The van der Waals surface area contributed by atoms with E-state index < -0.39 is 23.4 Å². The van der Waals surface area contributed by atoms with Gasteiger partial charge in [0.25, 0.3) is 0 Å². The summed E-state index contributed by atoms with van der Waals surface area (Å²) in [7, 11) is 1.32. The van der Waals surface area contributed by atoms with Crippen molar-refractivity contribution in [1.82, 2.24) is 9.97 Å². The first-order valence-electron chi connectivity index (χ1n) is 6.06. The molecule has 2 aromatic rings. The summed E-state index contributed by atoms with van der Waals surface area (Å²) < 4.78 is 44.3. The molecule has 0 aliphatic carbocycles. The number of aromatic carboxylic acids is 1. The molecule has 116 valence electrons. The summed E-state index contributed by atoms with van der Waals surface area (Å²) in [5.41, 5.74) is -2.22. The summed E-state index contributed by atoms with van der Waals surface area (Å²) in [4.78, 5) is 18.5. The van der Waals surface area contributed by atoms with Crippen molar-refractivity contribution in [2.75, 3.05) is 7.11 Å². The average Bonchev–Trinajstić information content (AvgIpc) is 2.45. The Bertz CT molecular complexity index is 730. The number of halogens is 3. The lowest BCUT2D eigenvalue weighted by atomic mass is 9.97. The summed E-state index contributed by atoms with van der Waals surface area (Å²) in [6.07, 6.45) is -2.24. The molecular formula is C14H11F3N2O3. The number of hydrogen-bond acceptors (Lipinski definition) is 4. The summed E-state index contributed by atoms with van der Waals surface area (Å²) in [5.74, 6) is -1.54. The largest absolute Gasteiger partial charge is 0.494 e. The summed E-state index contributed by atoms with van der Waals surface area (Å²) in [6, 6.07) is 2.66. The third-order valence-electron chi connectivity index (χ3n) is 2.92. The van der Waals surface area contributed by atoms with Crippen LogP contribution in [0, 0.1) is 6.92 Å². The number of aromatic nitrogens is 2. The Morgan fingerprint density at radius 3 is 2.55 bits per heavy atom. The number of ether oxygens (including phenoxy) is 1. The Hall–Kier alpha value is -2.64. The van der Waals surface area contributed by atoms with Crippen LogP contribution < -0.4 is 4.74 Å². The van der Waals surface area contributed by atoms with Gasteiger partial charge in [-0.3, -0.25) is 4.98 Å². The molecule has 0 fully saturated rings. The predicted octanol–water partition coefficient (Wildman–Crippen LogP) is 3.18. The zero-order chi connectivity index (χ0) is 16.5. The number of carboxylic acids is 1. The predicted molar refractivity (Wildman–Crippen MR) is 70.7 cm³/mol. The van der Waals surface area contributed by atoms with Crippen LogP contribution in [0.3, 0.4) is 0 Å². The van der Waals surface area contributed by atoms with Crippen LogP contribution in [-0.2, 0) is 6.18 Å². The van der Waals surface area contributed by atoms with Crippen molar-refractivity contribution in [3.8, 4) is 16.9 Å². The second-order valence-corrected chi connectivity index (χ2v) is 4.41. The minimum atomic E-state index is -4.88. The van der Waals surface area contributed by atoms with Crippen LogP contribution in [0.4, 0.5) is 13.2 Å². The smallest absolute Gasteiger partial charge is 0.434 e. The standard InChI is InChI=1S/C14H11F3N2O3/c1-7-5-9(8-3-4-18-6-10(8)22-2)11(13(20)21)12(19-7)14(15,16)17/h3-6H,1-2H3,(H,20,21). The van der Waals surface area contributed by atoms with E-state index in [9.17, 15) is 23.1 Å². The third kappa shape index (κ3) is 2.85. The maximum absolute atomic E-state index is 13.1. The van der Waals surface area contributed by atoms with Crippen molar-refractivity contribution in [1.29, 1.82) is 0 Å². The number of carboxylic acid groups (broad SMARTS) is 1. The second kappa shape index (κ2) is 5.63. The molecular weight excluding hydrogens is 301 g/mol. The highest BCUT2D eigenvalue weighted by atomic mass is 19.4. The molecule has 22 heavy (non-hydrogen) atoms. The van der Waals surface area contributed by atoms with Crippen LogP contribution in [0.2, 0.25) is 0 Å². The maximum atomic E-state index is 13.1. The Balaban J connectivity index is 2.86. The lowest BCUT2D eigenvalue weighted by Gasteiger charge is -2.16. The fourth-order valence-corrected chi connectivity index (χ4v) is 2.07. The highest BCUT2D eigenvalue weighted by Gasteiger charge is 2.39. The van der Waals surface area contributed by atoms with Crippen LogP contribution in [-0.4, -0.2) is 28.2 Å². The number of carbonyl (C=O) groups is 1. The Morgan fingerprint density at radius 1 is 1.32 bits per heavy atom. The summed E-state index contributed by atoms with van der Waals surface area (Å²) >= 11 is 0. The van der Waals surface area contributed by atoms with E-state index in [1.807, 2.05) is 0 Å². The number of hydrogen-bond donors (Lipinski definition) is 1. The Kier molecular flexibility index (Phi) is 4.03. The first kappa shape index (κ1) is 15.7. The monoisotopic (exact) mass is 312 g/mol. The molecule has 0 saturated heterocycles. The van der Waals surface area contributed by atoms with Gasteiger partial charge in [-0.25, -0.2) is 9.78 Å². The Morgan fingerprint density at radius 2 is 2.00 bits per heavy atom. The lowest BCUT2D eigenvalue weighted by molar-refractivity contribution is -0.141. The van der Waals surface area contributed by atoms with Crippen LogP contribution in [0.5, 0.6) is 5.75 Å². The highest BCUT2D eigenvalue weighted by Crippen LogP contribution is 2.38. The molecule has 8 heteroatoms. The van der Waals surface area contributed by atoms with E-state index in [1.165, 1.54) is 38.6 Å². The zero-order valence-electron chi connectivity index (χ0n) is 11.6. The molecule has 2 rings (SSSR count). The SMILES string of the molecule is COc1cnccc1-c1cc(C)nc(C(F)(F)F)c1C(=O)O. The van der Waals surface area contributed by atoms with Gasteiger partial charge in [-0.05, 0) is 19.1 Å². The van der Waals surface area contributed by atoms with Crippen LogP contribution in [0.15, 0.2) is 24.5 Å². The van der Waals surface area contributed by atoms with E-state index in [0.717, 1.165) is 0 Å². The summed E-state index contributed by atoms with van der Waals surface area (Å²) in [5, 5.41) is 9.23. The van der Waals surface area contributed by atoms with E-state index >= 15 is 0 Å². The van der Waals surface area contributed by atoms with Gasteiger partial charge in [0.1, 0.15) is 5.75 Å². The van der Waals surface area contributed by atoms with E-state index in [-0.39, 0.29) is 22.6 Å². The van der Waals surface area contributed by atoms with Gasteiger partial charge in [-0.2, -0.15) is 13.2 Å². The van der Waals surface area contributed by atoms with Crippen molar-refractivity contribution < 1.29 is 27.8 Å². The molecule has 0 spiro atoms. The second-order valence-electron chi connectivity index (χ2n) is 4.41. The molecule has 0 amide bonds. The fraction of sp³-hybridized carbons (Fsp3) is 0.214. The van der Waals surface area contributed by atoms with Crippen molar-refractivity contribution in [2.45, 2.75) is 13.1 Å². The molecule has 0 aromatic carbocycles. The van der Waals surface area contributed by atoms with Gasteiger partial charge in [0.2, 0.25) is 0 Å². The van der Waals surface area contributed by atoms with Gasteiger partial charge in [0.05, 0.1) is 18.9 Å². The van der Waals surface area contributed by atoms with Crippen LogP contribution in [0.25, 0.3) is 11.1 Å². The molecule has 0 bridgehead atoms. The molecule has 5 nitrogen and oxygen atoms in total. The number of pyridine rings is 2. The molecule has 2 aromatic heterocycles. The van der Waals surface area contributed by atoms with E-state index in [4.69, 9.17) is 4.74 Å². The highest BCUT2D eigenvalue weighted by molar-refractivity contribution is 5.98. The topological polar surface area (TPSA) is 72.3 Å². The summed E-state index contributed by atoms with van der Waals surface area (Å²) in [6.45, 7) is 1.36. The molecule has 0 radical (unpaired) electrons. The number of methoxy groups -OCH3 is 1. The fourth-order valence-electron chi connectivity index (χ4n) is 2.07. The van der Waals surface area contributed by atoms with Gasteiger partial charge in [0, 0.05) is 23.0 Å². The van der Waals surface area contributed by atoms with Gasteiger partial charge >= 0.3 is 12.1 Å². The average molecular weight is 312 g/mol. The maximum Gasteiger partial charge on any atom is 0.434 e. The Labute approximate surface area is 123 Å². The minimum absolute atomic E-state index is 0.0474. The number of rotatable bonds is 3. The van der Waals surface area contributed by atoms with Crippen molar-refractivity contribution in [2.24, 2.45) is 0 Å². The minimum Gasteiger partial charge on any atom is -0.494 e. The first-order valence-corrected chi connectivity index (χ1v) is 6.06. The third-order valence-corrected chi connectivity index (χ3v) is 2.92. The van der Waals surface area contributed by atoms with Crippen LogP contribution >= 0.6 is 0 Å². The van der Waals surface area contributed by atoms with Gasteiger partial charge in [-0.15, -0.1) is 0 Å². The molecule has 0 atom stereocenters. The van der Waals surface area contributed by atoms with Gasteiger partial charge in [-0.1, -0.05) is 0 Å². The molecule has 1 N–H and O–H groups in total. The normalized spacial score (nSPS) is 11.3. The molecule has 2 heterocycles. The molecule has 0 aliphatic heterocycles. The van der Waals surface area contributed by atoms with Crippen molar-refractivity contribution in [3.05, 3.63) is 41.5 Å². The molecule has 0 unspecified atom stereocenters. The molecule has 0 saturated carbocycles. The number of nitrogens with zero attached hydrogens (tertiary/aromatic N) is 2. The lowest BCUT2D eigenvalue weighted by Crippen LogP contribution is -2.17. The molecule has 0 aliphatic rings. The van der Waals surface area contributed by atoms with Gasteiger partial charge < -0.3 is 9.84 Å². The first-order chi connectivity index (χ1) is 10.3. The van der Waals surface area contributed by atoms with Crippen molar-refractivity contribution in [3.63, 3.8) is 0 Å².